The van der Waals surface area contributed by atoms with Gasteiger partial charge in [0.1, 0.15) is 17.3 Å². The van der Waals surface area contributed by atoms with E-state index in [4.69, 9.17) is 4.74 Å². The molecule has 2 aromatic carbocycles. The molecule has 1 fully saturated rings. The summed E-state index contributed by atoms with van der Waals surface area (Å²) in [5, 5.41) is 20.8. The molecule has 0 aliphatic carbocycles. The lowest BCUT2D eigenvalue weighted by Crippen LogP contribution is -2.41. The number of hydrogen-bond donors (Lipinski definition) is 3. The normalized spacial score (nSPS) is 18.7. The molecule has 0 unspecified atom stereocenters. The Kier molecular flexibility index (Phi) is 5.76. The Labute approximate surface area is 191 Å². The van der Waals surface area contributed by atoms with Crippen LogP contribution in [0.3, 0.4) is 0 Å². The summed E-state index contributed by atoms with van der Waals surface area (Å²) in [6.07, 6.45) is 4.23. The maximum absolute atomic E-state index is 13.5. The second-order valence-electron chi connectivity index (χ2n) is 8.76. The number of fused-ring (bicyclic) bond motifs is 1. The van der Waals surface area contributed by atoms with Crippen LogP contribution in [0.2, 0.25) is 0 Å². The third kappa shape index (κ3) is 4.06. The van der Waals surface area contributed by atoms with E-state index in [-0.39, 0.29) is 11.9 Å². The Morgan fingerprint density at radius 1 is 1.12 bits per heavy atom. The number of carboxylic acid groups (broad SMARTS) is 1. The van der Waals surface area contributed by atoms with Gasteiger partial charge in [-0.2, -0.15) is 5.10 Å². The zero-order valence-electron chi connectivity index (χ0n) is 18.5. The fraction of sp³-hybridized carbons (Fsp3) is 0.360. The Bertz CT molecular complexity index is 1150. The molecule has 1 saturated heterocycles. The molecule has 3 N–H and O–H groups in total. The molecular formula is C25H27FN4O3. The largest absolute Gasteiger partial charge is 0.465 e. The van der Waals surface area contributed by atoms with Gasteiger partial charge in [-0.3, -0.25) is 10.00 Å². The van der Waals surface area contributed by atoms with Gasteiger partial charge in [0.05, 0.1) is 11.9 Å². The number of benzene rings is 2. The lowest BCUT2D eigenvalue weighted by molar-refractivity contribution is 0.198. The van der Waals surface area contributed by atoms with Crippen molar-refractivity contribution in [3.05, 3.63) is 59.7 Å². The third-order valence-corrected chi connectivity index (χ3v) is 6.69. The summed E-state index contributed by atoms with van der Waals surface area (Å²) < 4.78 is 19.9. The van der Waals surface area contributed by atoms with Gasteiger partial charge >= 0.3 is 6.09 Å². The molecule has 2 aliphatic heterocycles. The molecule has 1 atom stereocenters. The third-order valence-electron chi connectivity index (χ3n) is 6.69. The van der Waals surface area contributed by atoms with E-state index in [9.17, 15) is 14.3 Å². The van der Waals surface area contributed by atoms with E-state index in [0.717, 1.165) is 48.3 Å². The Hall–Kier alpha value is -3.39. The van der Waals surface area contributed by atoms with E-state index in [1.807, 2.05) is 25.3 Å². The topological polar surface area (TPSA) is 90.5 Å². The van der Waals surface area contributed by atoms with E-state index in [1.165, 1.54) is 17.0 Å². The molecule has 0 spiro atoms. The molecule has 0 bridgehead atoms. The molecule has 172 valence electrons. The number of piperidine rings is 1. The number of carbonyl (C=O) groups is 1. The van der Waals surface area contributed by atoms with Crippen molar-refractivity contribution >= 4 is 11.8 Å². The number of aromatic amines is 1. The summed E-state index contributed by atoms with van der Waals surface area (Å²) in [6, 6.07) is 9.54. The molecule has 3 heterocycles. The summed E-state index contributed by atoms with van der Waals surface area (Å²) in [5.74, 6) is 1.12. The fourth-order valence-electron chi connectivity index (χ4n) is 4.98. The molecule has 2 aliphatic rings. The maximum atomic E-state index is 13.5. The van der Waals surface area contributed by atoms with Gasteiger partial charge in [-0.15, -0.1) is 0 Å². The smallest absolute Gasteiger partial charge is 0.412 e. The van der Waals surface area contributed by atoms with Gasteiger partial charge in [0.25, 0.3) is 0 Å². The van der Waals surface area contributed by atoms with Gasteiger partial charge in [-0.25, -0.2) is 9.18 Å². The number of ether oxygens (including phenoxy) is 1. The molecule has 5 rings (SSSR count). The number of rotatable bonds is 4. The van der Waals surface area contributed by atoms with Crippen LogP contribution in [0, 0.1) is 5.82 Å². The first-order chi connectivity index (χ1) is 16.0. The molecule has 8 heteroatoms. The number of anilines is 1. The second-order valence-corrected chi connectivity index (χ2v) is 8.76. The van der Waals surface area contributed by atoms with Crippen molar-refractivity contribution in [1.29, 1.82) is 0 Å². The Balaban J connectivity index is 1.65. The lowest BCUT2D eigenvalue weighted by Gasteiger charge is -2.34. The average Bonchev–Trinajstić information content (AvgIpc) is 3.30. The zero-order chi connectivity index (χ0) is 22.9. The van der Waals surface area contributed by atoms with Crippen molar-refractivity contribution < 1.29 is 19.0 Å². The van der Waals surface area contributed by atoms with Crippen LogP contribution in [0.1, 0.15) is 43.4 Å². The van der Waals surface area contributed by atoms with Gasteiger partial charge < -0.3 is 15.2 Å². The summed E-state index contributed by atoms with van der Waals surface area (Å²) >= 11 is 0. The fourth-order valence-corrected chi connectivity index (χ4v) is 4.98. The second kappa shape index (κ2) is 8.86. The maximum Gasteiger partial charge on any atom is 0.412 e. The quantitative estimate of drug-likeness (QED) is 0.502. The van der Waals surface area contributed by atoms with Crippen LogP contribution in [0.15, 0.2) is 42.6 Å². The SMILES string of the molecule is C[C@H]1CCc2c(ccc(-c3cn[nH]c3C3CCNCC3)c2Oc2ccc(F)cc2)N1C(=O)O. The van der Waals surface area contributed by atoms with Crippen LogP contribution < -0.4 is 15.0 Å². The Morgan fingerprint density at radius 3 is 2.61 bits per heavy atom. The van der Waals surface area contributed by atoms with Gasteiger partial charge in [0.15, 0.2) is 0 Å². The zero-order valence-corrected chi connectivity index (χ0v) is 18.5. The number of nitrogens with one attached hydrogen (secondary N) is 2. The van der Waals surface area contributed by atoms with Crippen LogP contribution in [0.5, 0.6) is 11.5 Å². The predicted octanol–water partition coefficient (Wildman–Crippen LogP) is 5.29. The van der Waals surface area contributed by atoms with Gasteiger partial charge in [-0.05, 0) is 82.1 Å². The van der Waals surface area contributed by atoms with E-state index in [1.54, 1.807) is 12.1 Å². The monoisotopic (exact) mass is 450 g/mol. The molecule has 0 radical (unpaired) electrons. The standard InChI is InChI=1S/C25H27FN4O3/c1-15-2-7-20-22(30(15)25(31)32)9-8-19(24(20)33-18-5-3-17(26)4-6-18)21-14-28-29-23(21)16-10-12-27-13-11-16/h3-6,8-9,14-16,27H,2,7,10-13H2,1H3,(H,28,29)(H,31,32)/t15-/m0/s1. The number of halogens is 1. The summed E-state index contributed by atoms with van der Waals surface area (Å²) in [7, 11) is 0. The molecule has 7 nitrogen and oxygen atoms in total. The highest BCUT2D eigenvalue weighted by Gasteiger charge is 2.32. The molecular weight excluding hydrogens is 423 g/mol. The van der Waals surface area contributed by atoms with E-state index >= 15 is 0 Å². The molecule has 3 aromatic rings. The summed E-state index contributed by atoms with van der Waals surface area (Å²) in [6.45, 7) is 3.83. The Morgan fingerprint density at radius 2 is 1.88 bits per heavy atom. The number of amides is 1. The first-order valence-corrected chi connectivity index (χ1v) is 11.4. The van der Waals surface area contributed by atoms with E-state index in [0.29, 0.717) is 35.9 Å². The van der Waals surface area contributed by atoms with Crippen molar-refractivity contribution in [1.82, 2.24) is 15.5 Å². The minimum absolute atomic E-state index is 0.126. The van der Waals surface area contributed by atoms with Crippen LogP contribution in [-0.4, -0.2) is 40.5 Å². The predicted molar refractivity (Wildman–Crippen MR) is 124 cm³/mol. The number of nitrogens with zero attached hydrogens (tertiary/aromatic N) is 2. The van der Waals surface area contributed by atoms with Crippen molar-refractivity contribution in [3.63, 3.8) is 0 Å². The van der Waals surface area contributed by atoms with Crippen molar-refractivity contribution in [3.8, 4) is 22.6 Å². The average molecular weight is 451 g/mol. The molecule has 1 aromatic heterocycles. The summed E-state index contributed by atoms with van der Waals surface area (Å²) in [5.41, 5.74) is 4.37. The first kappa shape index (κ1) is 21.5. The van der Waals surface area contributed by atoms with Crippen molar-refractivity contribution in [2.75, 3.05) is 18.0 Å². The summed E-state index contributed by atoms with van der Waals surface area (Å²) in [4.78, 5) is 13.4. The van der Waals surface area contributed by atoms with Crippen molar-refractivity contribution in [2.45, 2.75) is 44.6 Å². The molecule has 33 heavy (non-hydrogen) atoms. The molecule has 0 saturated carbocycles. The van der Waals surface area contributed by atoms with E-state index in [2.05, 4.69) is 15.5 Å². The van der Waals surface area contributed by atoms with Crippen molar-refractivity contribution in [2.24, 2.45) is 0 Å². The highest BCUT2D eigenvalue weighted by atomic mass is 19.1. The number of hydrogen-bond acceptors (Lipinski definition) is 4. The number of aromatic nitrogens is 2. The minimum atomic E-state index is -0.984. The van der Waals surface area contributed by atoms with Crippen LogP contribution in [0.4, 0.5) is 14.9 Å². The molecule has 1 amide bonds. The highest BCUT2D eigenvalue weighted by molar-refractivity contribution is 5.91. The first-order valence-electron chi connectivity index (χ1n) is 11.4. The van der Waals surface area contributed by atoms with Crippen LogP contribution in [0.25, 0.3) is 11.1 Å². The number of H-pyrrole nitrogens is 1. The van der Waals surface area contributed by atoms with Gasteiger partial charge in [-0.1, -0.05) is 0 Å². The van der Waals surface area contributed by atoms with Crippen LogP contribution >= 0.6 is 0 Å². The minimum Gasteiger partial charge on any atom is -0.465 e. The van der Waals surface area contributed by atoms with E-state index < -0.39 is 6.09 Å². The van der Waals surface area contributed by atoms with Gasteiger partial charge in [0.2, 0.25) is 0 Å². The van der Waals surface area contributed by atoms with Crippen LogP contribution in [-0.2, 0) is 6.42 Å². The van der Waals surface area contributed by atoms with Gasteiger partial charge in [0, 0.05) is 34.3 Å². The lowest BCUT2D eigenvalue weighted by atomic mass is 9.87. The highest BCUT2D eigenvalue weighted by Crippen LogP contribution is 2.46.